The second-order valence-corrected chi connectivity index (χ2v) is 17.1. The number of carbonyl (C=O) groups excluding carboxylic acids is 2. The number of unbranched alkanes of at least 4 members (excludes halogenated alkanes) is 12. The van der Waals surface area contributed by atoms with E-state index in [4.69, 9.17) is 23.8 Å². The molecule has 2 unspecified atom stereocenters. The number of aliphatic hydroxyl groups is 2. The summed E-state index contributed by atoms with van der Waals surface area (Å²) >= 11 is 0. The van der Waals surface area contributed by atoms with Gasteiger partial charge in [0.1, 0.15) is 12.7 Å². The Morgan fingerprint density at radius 1 is 0.567 bits per heavy atom. The van der Waals surface area contributed by atoms with E-state index in [1.54, 1.807) is 6.08 Å². The number of esters is 2. The smallest absolute Gasteiger partial charge is 0.462 e. The predicted octanol–water partition coefficient (Wildman–Crippen LogP) is 9.98. The Balaban J connectivity index is 4.68. The molecular weight excluding hydrogens is 814 g/mol. The molecule has 16 heteroatoms. The summed E-state index contributed by atoms with van der Waals surface area (Å²) in [6, 6.07) is 0. The normalized spacial score (nSPS) is 15.2. The van der Waals surface area contributed by atoms with Crippen molar-refractivity contribution >= 4 is 27.6 Å². The van der Waals surface area contributed by atoms with Crippen LogP contribution in [0.5, 0.6) is 0 Å². The van der Waals surface area contributed by atoms with Crippen molar-refractivity contribution in [3.63, 3.8) is 0 Å². The van der Waals surface area contributed by atoms with Crippen LogP contribution in [0.2, 0.25) is 0 Å². The second-order valence-electron chi connectivity index (χ2n) is 14.4. The van der Waals surface area contributed by atoms with Gasteiger partial charge in [-0.3, -0.25) is 23.2 Å². The Morgan fingerprint density at radius 3 is 1.72 bits per heavy atom. The quantitative estimate of drug-likeness (QED) is 0.0127. The lowest BCUT2D eigenvalue weighted by atomic mass is 10.0. The summed E-state index contributed by atoms with van der Waals surface area (Å²) < 4.78 is 47.6. The van der Waals surface area contributed by atoms with Gasteiger partial charge in [0.2, 0.25) is 0 Å². The fraction of sp³-hybridized carbons (Fsp3) is 0.682. The summed E-state index contributed by atoms with van der Waals surface area (Å²) in [6.45, 7) is 1.47. The van der Waals surface area contributed by atoms with E-state index in [1.165, 1.54) is 51.4 Å². The summed E-state index contributed by atoms with van der Waals surface area (Å²) in [5, 5.41) is 19.7. The summed E-state index contributed by atoms with van der Waals surface area (Å²) in [4.78, 5) is 52.6. The van der Waals surface area contributed by atoms with E-state index in [2.05, 4.69) is 35.0 Å². The number of allylic oxidation sites excluding steroid dienone is 10. The van der Waals surface area contributed by atoms with E-state index in [1.807, 2.05) is 54.7 Å². The lowest BCUT2D eigenvalue weighted by Gasteiger charge is -2.20. The molecule has 0 radical (unpaired) electrons. The van der Waals surface area contributed by atoms with Crippen LogP contribution in [-0.2, 0) is 41.8 Å². The summed E-state index contributed by atoms with van der Waals surface area (Å²) in [5.41, 5.74) is 0. The molecule has 0 spiro atoms. The third kappa shape index (κ3) is 42.2. The standard InChI is InChI=1S/C44H76O14P2/c1-3-5-7-9-11-12-13-14-15-20-23-27-31-35-44(48)58-42(39-57-60(52,53)56-37-41(46)36-55-59(49,50)51)38-54-43(47)34-30-26-22-19-17-16-18-21-25-29-33-40(45)32-28-24-10-8-6-4-2/h6,8,16-17,21-22,24-26,28-29,33,40-42,45-46H,3-5,7,9-15,18-20,23,27,30-32,34-39H2,1-2H3,(H,52,53)(H2,49,50,51)/b8-6-,17-16-,25-21-,26-22-,28-24-,33-29+/t40?,41-,42+/m0/s1. The zero-order valence-corrected chi connectivity index (χ0v) is 37.9. The van der Waals surface area contributed by atoms with Crippen molar-refractivity contribution in [1.29, 1.82) is 0 Å². The molecule has 0 saturated carbocycles. The molecule has 0 amide bonds. The minimum Gasteiger partial charge on any atom is -0.462 e. The molecule has 14 nitrogen and oxygen atoms in total. The van der Waals surface area contributed by atoms with Gasteiger partial charge in [-0.25, -0.2) is 9.13 Å². The van der Waals surface area contributed by atoms with Crippen LogP contribution >= 0.6 is 15.6 Å². The van der Waals surface area contributed by atoms with E-state index >= 15 is 0 Å². The van der Waals surface area contributed by atoms with Crippen LogP contribution in [0, 0.1) is 0 Å². The van der Waals surface area contributed by atoms with Crippen molar-refractivity contribution in [2.75, 3.05) is 26.4 Å². The van der Waals surface area contributed by atoms with Gasteiger partial charge in [-0.1, -0.05) is 164 Å². The SMILES string of the molecule is CC/C=C\C/C=C\CC(O)/C=C/C=C\C/C=C\C/C=C\CCC(=O)OC[C@H](COP(=O)(O)OC[C@@H](O)COP(=O)(O)O)OC(=O)CCCCCCCCCCCCCCC. The molecule has 0 bridgehead atoms. The molecule has 4 atom stereocenters. The average molecular weight is 891 g/mol. The highest BCUT2D eigenvalue weighted by Crippen LogP contribution is 2.43. The van der Waals surface area contributed by atoms with Gasteiger partial charge in [0.25, 0.3) is 0 Å². The molecule has 0 heterocycles. The third-order valence-corrected chi connectivity index (χ3v) is 10.1. The van der Waals surface area contributed by atoms with E-state index in [-0.39, 0.29) is 12.8 Å². The van der Waals surface area contributed by atoms with Gasteiger partial charge >= 0.3 is 27.6 Å². The highest BCUT2D eigenvalue weighted by molar-refractivity contribution is 7.47. The monoisotopic (exact) mass is 890 g/mol. The maximum atomic E-state index is 12.6. The lowest BCUT2D eigenvalue weighted by Crippen LogP contribution is -2.29. The van der Waals surface area contributed by atoms with Crippen LogP contribution in [0.25, 0.3) is 0 Å². The zero-order chi connectivity index (χ0) is 44.6. The lowest BCUT2D eigenvalue weighted by molar-refractivity contribution is -0.161. The second kappa shape index (κ2) is 39.4. The third-order valence-electron chi connectivity index (χ3n) is 8.69. The number of rotatable bonds is 40. The topological polar surface area (TPSA) is 216 Å². The minimum absolute atomic E-state index is 0.0451. The Bertz CT molecular complexity index is 1350. The number of phosphoric ester groups is 2. The van der Waals surface area contributed by atoms with Crippen LogP contribution in [0.4, 0.5) is 0 Å². The molecule has 346 valence electrons. The first-order valence-corrected chi connectivity index (χ1v) is 24.8. The van der Waals surface area contributed by atoms with Gasteiger partial charge in [0.15, 0.2) is 6.10 Å². The summed E-state index contributed by atoms with van der Waals surface area (Å²) in [6.07, 6.45) is 39.4. The minimum atomic E-state index is -4.88. The molecule has 0 rings (SSSR count). The highest BCUT2D eigenvalue weighted by Gasteiger charge is 2.28. The Hall–Kier alpha value is -2.48. The number of hydrogen-bond donors (Lipinski definition) is 5. The molecular formula is C44H76O14P2. The van der Waals surface area contributed by atoms with E-state index in [0.29, 0.717) is 25.7 Å². The maximum Gasteiger partial charge on any atom is 0.472 e. The molecule has 0 aromatic rings. The van der Waals surface area contributed by atoms with Crippen LogP contribution in [-0.4, -0.2) is 81.6 Å². The fourth-order valence-electron chi connectivity index (χ4n) is 5.40. The number of hydrogen-bond acceptors (Lipinski definition) is 11. The first-order valence-electron chi connectivity index (χ1n) is 21.7. The molecule has 0 fully saturated rings. The van der Waals surface area contributed by atoms with Gasteiger partial charge in [0.05, 0.1) is 25.9 Å². The number of carbonyl (C=O) groups is 2. The van der Waals surface area contributed by atoms with Crippen molar-refractivity contribution < 1.29 is 66.7 Å². The van der Waals surface area contributed by atoms with Gasteiger partial charge in [-0.05, 0) is 44.9 Å². The fourth-order valence-corrected chi connectivity index (χ4v) is 6.55. The van der Waals surface area contributed by atoms with Crippen molar-refractivity contribution in [3.8, 4) is 0 Å². The Kier molecular flexibility index (Phi) is 37.7. The van der Waals surface area contributed by atoms with E-state index in [9.17, 15) is 33.8 Å². The zero-order valence-electron chi connectivity index (χ0n) is 36.1. The van der Waals surface area contributed by atoms with Gasteiger partial charge in [-0.2, -0.15) is 0 Å². The number of ether oxygens (including phenoxy) is 2. The molecule has 0 aliphatic carbocycles. The summed E-state index contributed by atoms with van der Waals surface area (Å²) in [5.74, 6) is -1.16. The predicted molar refractivity (Wildman–Crippen MR) is 236 cm³/mol. The molecule has 60 heavy (non-hydrogen) atoms. The first kappa shape index (κ1) is 57.5. The molecule has 0 aromatic carbocycles. The Morgan fingerprint density at radius 2 is 1.10 bits per heavy atom. The first-order chi connectivity index (χ1) is 28.8. The molecule has 0 saturated heterocycles. The van der Waals surface area contributed by atoms with Gasteiger partial charge < -0.3 is 34.4 Å². The number of aliphatic hydroxyl groups excluding tert-OH is 2. The van der Waals surface area contributed by atoms with Crippen molar-refractivity contribution in [1.82, 2.24) is 0 Å². The van der Waals surface area contributed by atoms with Crippen LogP contribution in [0.1, 0.15) is 149 Å². The van der Waals surface area contributed by atoms with E-state index < -0.39 is 72.3 Å². The van der Waals surface area contributed by atoms with Crippen LogP contribution < -0.4 is 0 Å². The van der Waals surface area contributed by atoms with Crippen LogP contribution in [0.15, 0.2) is 72.9 Å². The average Bonchev–Trinajstić information content (AvgIpc) is 3.20. The largest absolute Gasteiger partial charge is 0.472 e. The summed E-state index contributed by atoms with van der Waals surface area (Å²) in [7, 11) is -9.71. The number of phosphoric acid groups is 2. The molecule has 0 aliphatic rings. The molecule has 5 N–H and O–H groups in total. The van der Waals surface area contributed by atoms with Crippen molar-refractivity contribution in [2.45, 2.75) is 167 Å². The Labute approximate surface area is 359 Å². The molecule has 0 aliphatic heterocycles. The van der Waals surface area contributed by atoms with Crippen molar-refractivity contribution in [3.05, 3.63) is 72.9 Å². The highest BCUT2D eigenvalue weighted by atomic mass is 31.2. The molecule has 0 aromatic heterocycles. The van der Waals surface area contributed by atoms with E-state index in [0.717, 1.165) is 44.9 Å². The van der Waals surface area contributed by atoms with Gasteiger partial charge in [0, 0.05) is 12.8 Å². The van der Waals surface area contributed by atoms with Crippen LogP contribution in [0.3, 0.4) is 0 Å². The van der Waals surface area contributed by atoms with Gasteiger partial charge in [-0.15, -0.1) is 0 Å². The van der Waals surface area contributed by atoms with Crippen molar-refractivity contribution in [2.24, 2.45) is 0 Å². The maximum absolute atomic E-state index is 12.6.